The van der Waals surface area contributed by atoms with Gasteiger partial charge >= 0.3 is 5.97 Å². The molecule has 0 bridgehead atoms. The van der Waals surface area contributed by atoms with Gasteiger partial charge in [0.15, 0.2) is 0 Å². The number of imidazole rings is 1. The largest absolute Gasteiger partial charge is 0.478 e. The molecule has 1 amide bonds. The molecule has 1 saturated heterocycles. The van der Waals surface area contributed by atoms with Crippen LogP contribution in [-0.2, 0) is 16.9 Å². The Balaban J connectivity index is 0.00000288. The summed E-state index contributed by atoms with van der Waals surface area (Å²) < 4.78 is 18.2. The lowest BCUT2D eigenvalue weighted by atomic mass is 9.71. The molecule has 4 aromatic rings. The fourth-order valence-electron chi connectivity index (χ4n) is 7.73. The zero-order valence-corrected chi connectivity index (χ0v) is 23.5. The second-order valence-electron chi connectivity index (χ2n) is 11.8. The molecule has 216 valence electrons. The predicted molar refractivity (Wildman–Crippen MR) is 160 cm³/mol. The number of fused-ring (bicyclic) bond motifs is 7. The topological polar surface area (TPSA) is 87.5 Å². The molecule has 1 aliphatic carbocycles. The highest BCUT2D eigenvalue weighted by Crippen LogP contribution is 2.65. The van der Waals surface area contributed by atoms with E-state index in [2.05, 4.69) is 14.8 Å². The minimum atomic E-state index is -1.20. The second kappa shape index (κ2) is 9.27. The minimum absolute atomic E-state index is 0. The number of halogens is 3. The van der Waals surface area contributed by atoms with E-state index in [1.54, 1.807) is 37.3 Å². The summed E-state index contributed by atoms with van der Waals surface area (Å²) in [5.41, 5.74) is 2.83. The molecule has 2 N–H and O–H groups in total. The van der Waals surface area contributed by atoms with Gasteiger partial charge < -0.3 is 15.0 Å². The van der Waals surface area contributed by atoms with Crippen molar-refractivity contribution in [1.29, 1.82) is 0 Å². The molecule has 1 spiro atoms. The van der Waals surface area contributed by atoms with Crippen molar-refractivity contribution in [3.8, 4) is 0 Å². The van der Waals surface area contributed by atoms with Crippen LogP contribution in [0, 0.1) is 18.7 Å². The number of anilines is 1. The van der Waals surface area contributed by atoms with E-state index in [0.29, 0.717) is 46.4 Å². The average Bonchev–Trinajstić information content (AvgIpc) is 3.39. The Hall–Kier alpha value is -3.46. The number of aryl methyl sites for hydroxylation is 1. The van der Waals surface area contributed by atoms with E-state index in [1.807, 2.05) is 12.1 Å². The Kier molecular flexibility index (Phi) is 6.04. The molecular weight excluding hydrogens is 578 g/mol. The van der Waals surface area contributed by atoms with Gasteiger partial charge in [0, 0.05) is 47.2 Å². The van der Waals surface area contributed by atoms with E-state index in [0.717, 1.165) is 29.7 Å². The fourth-order valence-corrected chi connectivity index (χ4v) is 8.08. The van der Waals surface area contributed by atoms with Gasteiger partial charge in [0.25, 0.3) is 0 Å². The van der Waals surface area contributed by atoms with Crippen molar-refractivity contribution in [2.24, 2.45) is 5.92 Å². The van der Waals surface area contributed by atoms with Gasteiger partial charge in [-0.25, -0.2) is 14.2 Å². The van der Waals surface area contributed by atoms with Crippen LogP contribution in [0.2, 0.25) is 10.0 Å². The highest BCUT2D eigenvalue weighted by Gasteiger charge is 2.69. The molecular formula is C32H29Cl2FN4O3. The smallest absolute Gasteiger partial charge is 0.336 e. The third kappa shape index (κ3) is 3.52. The Morgan fingerprint density at radius 3 is 2.71 bits per heavy atom. The zero-order chi connectivity index (χ0) is 28.4. The Morgan fingerprint density at radius 1 is 1.19 bits per heavy atom. The number of nitrogens with zero attached hydrogens (tertiary/aromatic N) is 3. The van der Waals surface area contributed by atoms with Crippen molar-refractivity contribution < 1.29 is 19.1 Å². The summed E-state index contributed by atoms with van der Waals surface area (Å²) in [6.07, 6.45) is 2.17. The normalized spacial score (nSPS) is 25.8. The van der Waals surface area contributed by atoms with Crippen molar-refractivity contribution >= 4 is 51.8 Å². The number of rotatable bonds is 4. The van der Waals surface area contributed by atoms with Crippen molar-refractivity contribution in [3.05, 3.63) is 92.5 Å². The summed E-state index contributed by atoms with van der Waals surface area (Å²) in [5, 5.41) is 13.3. The summed E-state index contributed by atoms with van der Waals surface area (Å²) >= 11 is 12.7. The molecule has 1 aromatic heterocycles. The molecule has 4 aliphatic rings. The molecule has 3 aromatic carbocycles. The van der Waals surface area contributed by atoms with E-state index in [-0.39, 0.29) is 35.9 Å². The minimum Gasteiger partial charge on any atom is -0.478 e. The number of aromatic carboxylic acids is 1. The van der Waals surface area contributed by atoms with Gasteiger partial charge in [-0.2, -0.15) is 0 Å². The fraction of sp³-hybridized carbons (Fsp3) is 0.344. The third-order valence-corrected chi connectivity index (χ3v) is 10.1. The van der Waals surface area contributed by atoms with Crippen molar-refractivity contribution in [2.75, 3.05) is 11.9 Å². The quantitative estimate of drug-likeness (QED) is 0.262. The summed E-state index contributed by atoms with van der Waals surface area (Å²) in [4.78, 5) is 33.6. The average molecular weight is 608 g/mol. The highest BCUT2D eigenvalue weighted by molar-refractivity contribution is 6.31. The van der Waals surface area contributed by atoms with Gasteiger partial charge in [0.1, 0.15) is 17.2 Å². The molecule has 4 heterocycles. The van der Waals surface area contributed by atoms with Crippen LogP contribution >= 0.6 is 23.2 Å². The number of hydrogen-bond acceptors (Lipinski definition) is 4. The van der Waals surface area contributed by atoms with Gasteiger partial charge in [-0.3, -0.25) is 9.69 Å². The first-order valence-corrected chi connectivity index (χ1v) is 14.5. The number of carboxylic acids is 1. The Labute approximate surface area is 252 Å². The van der Waals surface area contributed by atoms with Gasteiger partial charge in [0.2, 0.25) is 5.91 Å². The molecule has 0 radical (unpaired) electrons. The zero-order valence-electron chi connectivity index (χ0n) is 22.0. The number of hydrogen-bond donors (Lipinski definition) is 2. The van der Waals surface area contributed by atoms with E-state index in [4.69, 9.17) is 28.2 Å². The molecule has 2 fully saturated rings. The maximum absolute atomic E-state index is 16.1. The summed E-state index contributed by atoms with van der Waals surface area (Å²) in [6, 6.07) is 13.7. The van der Waals surface area contributed by atoms with Crippen LogP contribution in [0.1, 0.15) is 65.0 Å². The molecule has 8 rings (SSSR count). The summed E-state index contributed by atoms with van der Waals surface area (Å²) in [5.74, 6) is -1.59. The summed E-state index contributed by atoms with van der Waals surface area (Å²) in [7, 11) is 0. The number of carbonyl (C=O) groups excluding carboxylic acids is 1. The van der Waals surface area contributed by atoms with Crippen LogP contribution in [-0.4, -0.2) is 44.0 Å². The van der Waals surface area contributed by atoms with E-state index in [9.17, 15) is 14.7 Å². The van der Waals surface area contributed by atoms with E-state index in [1.165, 1.54) is 6.07 Å². The van der Waals surface area contributed by atoms with Gasteiger partial charge in [0.05, 0.1) is 21.6 Å². The van der Waals surface area contributed by atoms with Crippen LogP contribution in [0.4, 0.5) is 10.1 Å². The number of likely N-dealkylation sites (tertiary alicyclic amines) is 1. The third-order valence-electron chi connectivity index (χ3n) is 9.55. The second-order valence-corrected chi connectivity index (χ2v) is 12.6. The lowest BCUT2D eigenvalue weighted by molar-refractivity contribution is -0.128. The van der Waals surface area contributed by atoms with Crippen molar-refractivity contribution in [1.82, 2.24) is 14.5 Å². The van der Waals surface area contributed by atoms with Crippen LogP contribution in [0.25, 0.3) is 11.0 Å². The summed E-state index contributed by atoms with van der Waals surface area (Å²) in [6.45, 7) is 3.02. The Bertz CT molecular complexity index is 1840. The monoisotopic (exact) mass is 606 g/mol. The first-order chi connectivity index (χ1) is 19.7. The number of aromatic nitrogens is 2. The Morgan fingerprint density at radius 2 is 1.98 bits per heavy atom. The first kappa shape index (κ1) is 27.4. The number of carbonyl (C=O) groups is 2. The molecule has 10 heteroatoms. The van der Waals surface area contributed by atoms with Crippen molar-refractivity contribution in [2.45, 2.75) is 57.2 Å². The maximum atomic E-state index is 16.1. The van der Waals surface area contributed by atoms with E-state index < -0.39 is 23.2 Å². The molecule has 1 saturated carbocycles. The van der Waals surface area contributed by atoms with Gasteiger partial charge in [-0.05, 0) is 67.1 Å². The lowest BCUT2D eigenvalue weighted by Gasteiger charge is -2.40. The molecule has 0 unspecified atom stereocenters. The number of amides is 1. The van der Waals surface area contributed by atoms with Crippen LogP contribution in [0.5, 0.6) is 0 Å². The van der Waals surface area contributed by atoms with Crippen LogP contribution in [0.15, 0.2) is 48.5 Å². The standard InChI is InChI=1S/C31H25Cl2FN4O3.CH4/c1-14-9-23-22(11-18(14)29(39)40)35-28-25-24(13-37(23)28)38(12-15-5-6-15)31(26(25)17-3-2-4-20(33)27(17)34)19-8-7-16(32)10-21(19)36-30(31)41;/h2-4,7-11,15,24-26H,5-6,12-13H2,1H3,(H,36,41)(H,39,40);1H4/t24-,25+,26-,31+;/m0./s1. The van der Waals surface area contributed by atoms with Crippen LogP contribution < -0.4 is 5.32 Å². The SMILES string of the molecule is C.Cc1cc2c(cc1C(=O)O)nc1n2C[C@H]2[C@@H]1[C@H](c1cccc(Cl)c1F)[C@]1(C(=O)Nc3cc(Cl)ccc31)N2CC1CC1. The molecule has 4 atom stereocenters. The molecule has 42 heavy (non-hydrogen) atoms. The number of nitrogens with one attached hydrogen (secondary N) is 1. The lowest BCUT2D eigenvalue weighted by Crippen LogP contribution is -2.53. The van der Waals surface area contributed by atoms with Gasteiger partial charge in [-0.15, -0.1) is 0 Å². The van der Waals surface area contributed by atoms with Gasteiger partial charge in [-0.1, -0.05) is 48.8 Å². The van der Waals surface area contributed by atoms with Crippen LogP contribution in [0.3, 0.4) is 0 Å². The predicted octanol–water partition coefficient (Wildman–Crippen LogP) is 6.95. The number of carboxylic acid groups (broad SMARTS) is 1. The first-order valence-electron chi connectivity index (χ1n) is 13.8. The van der Waals surface area contributed by atoms with Crippen molar-refractivity contribution in [3.63, 3.8) is 0 Å². The molecule has 7 nitrogen and oxygen atoms in total. The number of benzene rings is 3. The van der Waals surface area contributed by atoms with E-state index >= 15 is 4.39 Å². The maximum Gasteiger partial charge on any atom is 0.336 e. The molecule has 3 aliphatic heterocycles. The highest BCUT2D eigenvalue weighted by atomic mass is 35.5.